The van der Waals surface area contributed by atoms with Crippen molar-refractivity contribution >= 4 is 5.91 Å². The summed E-state index contributed by atoms with van der Waals surface area (Å²) in [5.41, 5.74) is 4.05. The maximum absolute atomic E-state index is 12.9. The molecule has 0 aromatic heterocycles. The van der Waals surface area contributed by atoms with E-state index in [1.165, 1.54) is 5.56 Å². The molecule has 156 valence electrons. The smallest absolute Gasteiger partial charge is 0.254 e. The predicted octanol–water partition coefficient (Wildman–Crippen LogP) is 3.29. The van der Waals surface area contributed by atoms with Crippen molar-refractivity contribution in [1.82, 2.24) is 9.80 Å². The molecule has 29 heavy (non-hydrogen) atoms. The van der Waals surface area contributed by atoms with Crippen molar-refractivity contribution < 1.29 is 19.0 Å². The minimum absolute atomic E-state index is 0.117. The summed E-state index contributed by atoms with van der Waals surface area (Å²) in [6.07, 6.45) is 0. The van der Waals surface area contributed by atoms with Crippen molar-refractivity contribution in [3.05, 3.63) is 52.6 Å². The second kappa shape index (κ2) is 9.18. The Hall–Kier alpha value is -2.73. The van der Waals surface area contributed by atoms with Crippen LogP contribution in [0.25, 0.3) is 0 Å². The number of amides is 1. The molecule has 3 rings (SSSR count). The van der Waals surface area contributed by atoms with Gasteiger partial charge >= 0.3 is 0 Å². The second-order valence-electron chi connectivity index (χ2n) is 7.38. The molecule has 1 saturated heterocycles. The maximum atomic E-state index is 12.9. The summed E-state index contributed by atoms with van der Waals surface area (Å²) in [7, 11) is 4.87. The normalized spacial score (nSPS) is 14.6. The molecular formula is C23H30N2O4. The number of ether oxygens (including phenoxy) is 3. The molecule has 0 saturated carbocycles. The molecule has 1 amide bonds. The van der Waals surface area contributed by atoms with Crippen LogP contribution in [0.4, 0.5) is 0 Å². The van der Waals surface area contributed by atoms with Gasteiger partial charge in [-0.2, -0.15) is 0 Å². The Morgan fingerprint density at radius 3 is 2.17 bits per heavy atom. The number of benzene rings is 2. The van der Waals surface area contributed by atoms with Crippen molar-refractivity contribution in [1.29, 1.82) is 0 Å². The Morgan fingerprint density at radius 2 is 1.59 bits per heavy atom. The molecule has 0 bridgehead atoms. The monoisotopic (exact) mass is 398 g/mol. The van der Waals surface area contributed by atoms with E-state index in [1.54, 1.807) is 21.3 Å². The summed E-state index contributed by atoms with van der Waals surface area (Å²) < 4.78 is 16.4. The molecule has 0 spiro atoms. The molecule has 1 aliphatic heterocycles. The van der Waals surface area contributed by atoms with Gasteiger partial charge in [-0.15, -0.1) is 0 Å². The van der Waals surface area contributed by atoms with E-state index in [0.717, 1.165) is 36.3 Å². The summed E-state index contributed by atoms with van der Waals surface area (Å²) in [6.45, 7) is 7.82. The molecule has 6 heteroatoms. The van der Waals surface area contributed by atoms with Gasteiger partial charge in [0.25, 0.3) is 5.91 Å². The van der Waals surface area contributed by atoms with E-state index in [-0.39, 0.29) is 5.91 Å². The lowest BCUT2D eigenvalue weighted by molar-refractivity contribution is 0.0626. The van der Waals surface area contributed by atoms with Gasteiger partial charge in [-0.05, 0) is 31.5 Å². The lowest BCUT2D eigenvalue weighted by atomic mass is 10.0. The summed E-state index contributed by atoms with van der Waals surface area (Å²) >= 11 is 0. The average Bonchev–Trinajstić information content (AvgIpc) is 2.73. The molecular weight excluding hydrogens is 368 g/mol. The van der Waals surface area contributed by atoms with Crippen LogP contribution in [0, 0.1) is 13.8 Å². The Kier molecular flexibility index (Phi) is 6.64. The van der Waals surface area contributed by atoms with Gasteiger partial charge in [0.15, 0.2) is 11.5 Å². The van der Waals surface area contributed by atoms with Crippen molar-refractivity contribution in [2.24, 2.45) is 0 Å². The highest BCUT2D eigenvalue weighted by molar-refractivity contribution is 5.95. The topological polar surface area (TPSA) is 51.2 Å². The van der Waals surface area contributed by atoms with E-state index >= 15 is 0 Å². The fourth-order valence-corrected chi connectivity index (χ4v) is 3.86. The van der Waals surface area contributed by atoms with Gasteiger partial charge in [0.2, 0.25) is 5.75 Å². The van der Waals surface area contributed by atoms with Crippen LogP contribution in [0.3, 0.4) is 0 Å². The quantitative estimate of drug-likeness (QED) is 0.747. The van der Waals surface area contributed by atoms with Crippen LogP contribution >= 0.6 is 0 Å². The number of carbonyl (C=O) groups excluding carboxylic acids is 1. The van der Waals surface area contributed by atoms with Crippen molar-refractivity contribution in [3.63, 3.8) is 0 Å². The van der Waals surface area contributed by atoms with Crippen LogP contribution < -0.4 is 14.2 Å². The fraction of sp³-hybridized carbons (Fsp3) is 0.435. The summed E-state index contributed by atoms with van der Waals surface area (Å²) in [5, 5.41) is 0. The predicted molar refractivity (Wildman–Crippen MR) is 113 cm³/mol. The van der Waals surface area contributed by atoms with E-state index in [4.69, 9.17) is 14.2 Å². The van der Waals surface area contributed by atoms with E-state index in [9.17, 15) is 4.79 Å². The number of piperazine rings is 1. The Balaban J connectivity index is 1.66. The first-order valence-corrected chi connectivity index (χ1v) is 9.85. The molecule has 0 radical (unpaired) electrons. The highest BCUT2D eigenvalue weighted by Gasteiger charge is 2.25. The van der Waals surface area contributed by atoms with Crippen molar-refractivity contribution in [2.75, 3.05) is 47.5 Å². The van der Waals surface area contributed by atoms with E-state index in [2.05, 4.69) is 11.0 Å². The number of methoxy groups -OCH3 is 3. The summed E-state index contributed by atoms with van der Waals surface area (Å²) in [4.78, 5) is 17.2. The van der Waals surface area contributed by atoms with Crippen LogP contribution in [0.2, 0.25) is 0 Å². The molecule has 0 N–H and O–H groups in total. The van der Waals surface area contributed by atoms with Crippen molar-refractivity contribution in [3.8, 4) is 17.2 Å². The lowest BCUT2D eigenvalue weighted by Gasteiger charge is -2.35. The number of carbonyl (C=O) groups is 1. The molecule has 2 aromatic rings. The highest BCUT2D eigenvalue weighted by atomic mass is 16.5. The van der Waals surface area contributed by atoms with Gasteiger partial charge in [0.05, 0.1) is 21.3 Å². The zero-order chi connectivity index (χ0) is 21.0. The highest BCUT2D eigenvalue weighted by Crippen LogP contribution is 2.40. The van der Waals surface area contributed by atoms with E-state index in [1.807, 2.05) is 43.0 Å². The number of hydrogen-bond acceptors (Lipinski definition) is 5. The second-order valence-corrected chi connectivity index (χ2v) is 7.38. The van der Waals surface area contributed by atoms with Crippen LogP contribution in [0.15, 0.2) is 30.3 Å². The van der Waals surface area contributed by atoms with Crippen LogP contribution in [-0.2, 0) is 6.54 Å². The van der Waals surface area contributed by atoms with Crippen LogP contribution in [0.5, 0.6) is 17.2 Å². The average molecular weight is 399 g/mol. The van der Waals surface area contributed by atoms with E-state index < -0.39 is 0 Å². The molecule has 0 atom stereocenters. The first-order valence-electron chi connectivity index (χ1n) is 9.85. The Bertz CT molecular complexity index is 873. The van der Waals surface area contributed by atoms with Gasteiger partial charge in [-0.3, -0.25) is 9.69 Å². The standard InChI is InChI=1S/C23H30N2O4/c1-16-6-8-19(17(2)14-16)23(26)25-12-10-24(11-13-25)15-18-7-9-20(27-3)22(29-5)21(18)28-4/h6-9,14H,10-13,15H2,1-5H3. The number of nitrogens with zero attached hydrogens (tertiary/aromatic N) is 2. The number of rotatable bonds is 6. The molecule has 1 heterocycles. The van der Waals surface area contributed by atoms with Gasteiger partial charge in [0, 0.05) is 43.9 Å². The Labute approximate surface area is 173 Å². The molecule has 6 nitrogen and oxygen atoms in total. The molecule has 0 aliphatic carbocycles. The minimum atomic E-state index is 0.117. The van der Waals surface area contributed by atoms with Gasteiger partial charge in [-0.25, -0.2) is 0 Å². The molecule has 0 unspecified atom stereocenters. The molecule has 1 fully saturated rings. The SMILES string of the molecule is COc1ccc(CN2CCN(C(=O)c3ccc(C)cc3C)CC2)c(OC)c1OC. The summed E-state index contributed by atoms with van der Waals surface area (Å²) in [6, 6.07) is 9.91. The maximum Gasteiger partial charge on any atom is 0.254 e. The number of hydrogen-bond donors (Lipinski definition) is 0. The third kappa shape index (κ3) is 4.48. The Morgan fingerprint density at radius 1 is 0.897 bits per heavy atom. The molecule has 1 aliphatic rings. The zero-order valence-electron chi connectivity index (χ0n) is 17.9. The van der Waals surface area contributed by atoms with Crippen LogP contribution in [0.1, 0.15) is 27.0 Å². The number of aryl methyl sites for hydroxylation is 2. The lowest BCUT2D eigenvalue weighted by Crippen LogP contribution is -2.48. The van der Waals surface area contributed by atoms with Gasteiger partial charge in [0.1, 0.15) is 0 Å². The molecule has 2 aromatic carbocycles. The van der Waals surface area contributed by atoms with Gasteiger partial charge < -0.3 is 19.1 Å². The van der Waals surface area contributed by atoms with Gasteiger partial charge in [-0.1, -0.05) is 23.8 Å². The van der Waals surface area contributed by atoms with E-state index in [0.29, 0.717) is 30.3 Å². The first kappa shape index (κ1) is 21.0. The third-order valence-electron chi connectivity index (χ3n) is 5.45. The largest absolute Gasteiger partial charge is 0.493 e. The van der Waals surface area contributed by atoms with Crippen molar-refractivity contribution in [2.45, 2.75) is 20.4 Å². The first-order chi connectivity index (χ1) is 14.0. The van der Waals surface area contributed by atoms with Crippen LogP contribution in [-0.4, -0.2) is 63.2 Å². The third-order valence-corrected chi connectivity index (χ3v) is 5.45. The zero-order valence-corrected chi connectivity index (χ0v) is 17.9. The minimum Gasteiger partial charge on any atom is -0.493 e. The summed E-state index contributed by atoms with van der Waals surface area (Å²) in [5.74, 6) is 2.07. The fourth-order valence-electron chi connectivity index (χ4n) is 3.86.